The van der Waals surface area contributed by atoms with E-state index in [1.165, 1.54) is 6.42 Å². The topological polar surface area (TPSA) is 27.3 Å². The van der Waals surface area contributed by atoms with Crippen molar-refractivity contribution in [3.05, 3.63) is 24.4 Å². The van der Waals surface area contributed by atoms with Crippen LogP contribution >= 0.6 is 0 Å². The molecule has 3 aliphatic heterocycles. The summed E-state index contributed by atoms with van der Waals surface area (Å²) in [7, 11) is 0. The number of allylic oxidation sites excluding steroid dienone is 2. The number of piperidine rings is 1. The van der Waals surface area contributed by atoms with E-state index in [1.54, 1.807) is 0 Å². The summed E-state index contributed by atoms with van der Waals surface area (Å²) in [6.45, 7) is 3.36. The molecular formula is C11H17N3. The number of hydrogen-bond acceptors (Lipinski definition) is 3. The van der Waals surface area contributed by atoms with E-state index in [9.17, 15) is 0 Å². The number of rotatable bonds is 0. The average molecular weight is 191 g/mol. The van der Waals surface area contributed by atoms with Crippen LogP contribution in [-0.4, -0.2) is 42.7 Å². The molecule has 0 amide bonds. The molecule has 0 aromatic carbocycles. The molecule has 0 aromatic rings. The highest BCUT2D eigenvalue weighted by molar-refractivity contribution is 5.18. The Hall–Kier alpha value is -0.800. The summed E-state index contributed by atoms with van der Waals surface area (Å²) in [6, 6.07) is 1.91. The van der Waals surface area contributed by atoms with Crippen LogP contribution in [-0.2, 0) is 0 Å². The first-order chi connectivity index (χ1) is 6.95. The van der Waals surface area contributed by atoms with Crippen molar-refractivity contribution in [2.45, 2.75) is 24.5 Å². The van der Waals surface area contributed by atoms with E-state index in [1.807, 2.05) is 0 Å². The first-order valence-electron chi connectivity index (χ1n) is 5.52. The number of hydrogen-bond donors (Lipinski definition) is 2. The van der Waals surface area contributed by atoms with E-state index in [0.717, 1.165) is 19.6 Å². The second kappa shape index (κ2) is 3.41. The van der Waals surface area contributed by atoms with Gasteiger partial charge in [0.05, 0.1) is 6.04 Å². The molecule has 76 valence electrons. The zero-order valence-corrected chi connectivity index (χ0v) is 8.32. The van der Waals surface area contributed by atoms with Crippen LogP contribution in [0.1, 0.15) is 6.42 Å². The summed E-state index contributed by atoms with van der Waals surface area (Å²) in [5, 5.41) is 7.08. The molecule has 3 heteroatoms. The molecule has 0 saturated carbocycles. The van der Waals surface area contributed by atoms with Crippen molar-refractivity contribution in [1.82, 2.24) is 15.5 Å². The highest BCUT2D eigenvalue weighted by Crippen LogP contribution is 2.22. The maximum atomic E-state index is 3.63. The Morgan fingerprint density at radius 1 is 1.21 bits per heavy atom. The quantitative estimate of drug-likeness (QED) is 0.567. The van der Waals surface area contributed by atoms with E-state index in [4.69, 9.17) is 0 Å². The Kier molecular flexibility index (Phi) is 2.07. The molecule has 3 unspecified atom stereocenters. The van der Waals surface area contributed by atoms with Crippen LogP contribution in [0, 0.1) is 0 Å². The minimum Gasteiger partial charge on any atom is -0.365 e. The third kappa shape index (κ3) is 1.28. The zero-order valence-electron chi connectivity index (χ0n) is 8.32. The Morgan fingerprint density at radius 3 is 3.21 bits per heavy atom. The molecule has 0 radical (unpaired) electrons. The lowest BCUT2D eigenvalue weighted by Crippen LogP contribution is -2.65. The van der Waals surface area contributed by atoms with Gasteiger partial charge in [0.15, 0.2) is 0 Å². The molecule has 14 heavy (non-hydrogen) atoms. The largest absolute Gasteiger partial charge is 0.365 e. The van der Waals surface area contributed by atoms with Crippen molar-refractivity contribution in [2.75, 3.05) is 19.6 Å². The lowest BCUT2D eigenvalue weighted by atomic mass is 9.93. The van der Waals surface area contributed by atoms with Crippen LogP contribution in [0.5, 0.6) is 0 Å². The highest BCUT2D eigenvalue weighted by Gasteiger charge is 2.35. The van der Waals surface area contributed by atoms with Gasteiger partial charge in [0, 0.05) is 31.4 Å². The van der Waals surface area contributed by atoms with Gasteiger partial charge in [0.2, 0.25) is 0 Å². The minimum atomic E-state index is 0.583. The molecule has 3 rings (SSSR count). The normalized spacial score (nSPS) is 40.6. The molecule has 3 heterocycles. The summed E-state index contributed by atoms with van der Waals surface area (Å²) >= 11 is 0. The first-order valence-corrected chi connectivity index (χ1v) is 5.52. The number of fused-ring (bicyclic) bond motifs is 3. The van der Waals surface area contributed by atoms with Gasteiger partial charge in [0.25, 0.3) is 0 Å². The van der Waals surface area contributed by atoms with Crippen molar-refractivity contribution in [2.24, 2.45) is 0 Å². The Bertz CT molecular complexity index is 272. The fraction of sp³-hybridized carbons (Fsp3) is 0.636. The second-order valence-electron chi connectivity index (χ2n) is 4.32. The minimum absolute atomic E-state index is 0.583. The predicted octanol–water partition coefficient (Wildman–Crippen LogP) is 0.0742. The Balaban J connectivity index is 1.82. The Morgan fingerprint density at radius 2 is 2.21 bits per heavy atom. The molecule has 0 spiro atoms. The summed E-state index contributed by atoms with van der Waals surface area (Å²) in [5.74, 6) is 0. The molecule has 0 bridgehead atoms. The van der Waals surface area contributed by atoms with E-state index in [-0.39, 0.29) is 0 Å². The van der Waals surface area contributed by atoms with Crippen molar-refractivity contribution >= 4 is 0 Å². The van der Waals surface area contributed by atoms with Gasteiger partial charge in [-0.25, -0.2) is 0 Å². The number of nitrogens with zero attached hydrogens (tertiary/aromatic N) is 1. The van der Waals surface area contributed by atoms with Crippen molar-refractivity contribution in [3.8, 4) is 0 Å². The molecule has 3 atom stereocenters. The predicted molar refractivity (Wildman–Crippen MR) is 57.0 cm³/mol. The lowest BCUT2D eigenvalue weighted by Gasteiger charge is -2.48. The number of nitrogens with one attached hydrogen (secondary N) is 2. The maximum absolute atomic E-state index is 3.63. The van der Waals surface area contributed by atoms with Crippen LogP contribution in [0.2, 0.25) is 0 Å². The van der Waals surface area contributed by atoms with Gasteiger partial charge in [-0.3, -0.25) is 0 Å². The first kappa shape index (κ1) is 8.50. The molecule has 3 aliphatic rings. The highest BCUT2D eigenvalue weighted by atomic mass is 15.3. The molecule has 3 nitrogen and oxygen atoms in total. The van der Waals surface area contributed by atoms with Gasteiger partial charge in [0.1, 0.15) is 0 Å². The third-order valence-electron chi connectivity index (χ3n) is 3.50. The van der Waals surface area contributed by atoms with Crippen molar-refractivity contribution < 1.29 is 0 Å². The van der Waals surface area contributed by atoms with Crippen molar-refractivity contribution in [1.29, 1.82) is 0 Å². The Labute approximate surface area is 84.9 Å². The molecule has 2 saturated heterocycles. The van der Waals surface area contributed by atoms with Gasteiger partial charge in [-0.05, 0) is 19.0 Å². The van der Waals surface area contributed by atoms with Crippen LogP contribution in [0.4, 0.5) is 0 Å². The van der Waals surface area contributed by atoms with E-state index < -0.39 is 0 Å². The summed E-state index contributed by atoms with van der Waals surface area (Å²) < 4.78 is 0. The van der Waals surface area contributed by atoms with Gasteiger partial charge < -0.3 is 15.5 Å². The fourth-order valence-electron chi connectivity index (χ4n) is 2.76. The molecular weight excluding hydrogens is 174 g/mol. The maximum Gasteiger partial charge on any atom is 0.0599 e. The number of piperazine rings is 1. The van der Waals surface area contributed by atoms with Crippen LogP contribution < -0.4 is 10.6 Å². The van der Waals surface area contributed by atoms with E-state index in [0.29, 0.717) is 18.1 Å². The second-order valence-corrected chi connectivity index (χ2v) is 4.32. The van der Waals surface area contributed by atoms with E-state index >= 15 is 0 Å². The van der Waals surface area contributed by atoms with Crippen molar-refractivity contribution in [3.63, 3.8) is 0 Å². The summed E-state index contributed by atoms with van der Waals surface area (Å²) in [5.41, 5.74) is 0. The lowest BCUT2D eigenvalue weighted by molar-refractivity contribution is 0.110. The monoisotopic (exact) mass is 191 g/mol. The molecule has 0 aromatic heterocycles. The summed E-state index contributed by atoms with van der Waals surface area (Å²) in [6.07, 6.45) is 10.1. The molecule has 2 fully saturated rings. The van der Waals surface area contributed by atoms with Gasteiger partial charge in [-0.2, -0.15) is 0 Å². The fourth-order valence-corrected chi connectivity index (χ4v) is 2.76. The standard InChI is InChI=1S/C11H17N3/c1-2-6-14-9(3-1)7-13-10-8-12-5-4-11(10)14/h1-3,6,9-13H,4-5,7-8H2. The third-order valence-corrected chi connectivity index (χ3v) is 3.50. The SMILES string of the molecule is C1=CC2CNC3CNCCC3N2C=C1. The molecule has 0 aliphatic carbocycles. The van der Waals surface area contributed by atoms with E-state index in [2.05, 4.69) is 40.0 Å². The van der Waals surface area contributed by atoms with Crippen LogP contribution in [0.25, 0.3) is 0 Å². The van der Waals surface area contributed by atoms with Gasteiger partial charge in [-0.1, -0.05) is 12.2 Å². The smallest absolute Gasteiger partial charge is 0.0599 e. The van der Waals surface area contributed by atoms with Gasteiger partial charge in [-0.15, -0.1) is 0 Å². The zero-order chi connectivity index (χ0) is 9.38. The van der Waals surface area contributed by atoms with Gasteiger partial charge >= 0.3 is 0 Å². The summed E-state index contributed by atoms with van der Waals surface area (Å²) in [4.78, 5) is 2.53. The molecule has 2 N–H and O–H groups in total. The van der Waals surface area contributed by atoms with Crippen LogP contribution in [0.3, 0.4) is 0 Å². The van der Waals surface area contributed by atoms with Crippen LogP contribution in [0.15, 0.2) is 24.4 Å². The average Bonchev–Trinajstić information content (AvgIpc) is 2.29.